The molecule has 1 saturated heterocycles. The van der Waals surface area contributed by atoms with E-state index in [1.165, 1.54) is 5.56 Å². The van der Waals surface area contributed by atoms with Gasteiger partial charge < -0.3 is 5.32 Å². The van der Waals surface area contributed by atoms with Crippen LogP contribution in [0.15, 0.2) is 36.9 Å². The molecular weight excluding hydrogens is 238 g/mol. The summed E-state index contributed by atoms with van der Waals surface area (Å²) in [5.74, 6) is 0. The molecule has 1 aliphatic rings. The van der Waals surface area contributed by atoms with Crippen LogP contribution in [0, 0.1) is 0 Å². The third-order valence-electron chi connectivity index (χ3n) is 3.48. The Balaban J connectivity index is 1.66. The van der Waals surface area contributed by atoms with Crippen LogP contribution in [0.3, 0.4) is 0 Å². The van der Waals surface area contributed by atoms with Gasteiger partial charge in [-0.25, -0.2) is 9.67 Å². The molecule has 1 aromatic heterocycles. The predicted octanol–water partition coefficient (Wildman–Crippen LogP) is 1.06. The van der Waals surface area contributed by atoms with Crippen LogP contribution in [0.5, 0.6) is 0 Å². The molecule has 1 aromatic carbocycles. The van der Waals surface area contributed by atoms with E-state index in [1.807, 2.05) is 0 Å². The summed E-state index contributed by atoms with van der Waals surface area (Å²) in [4.78, 5) is 6.45. The Labute approximate surface area is 113 Å². The SMILES string of the molecule is C[C@H]1CN(Cc2ccc(-n3cncn3)cc2)CCN1. The molecule has 100 valence electrons. The van der Waals surface area contributed by atoms with Crippen LogP contribution in [0.2, 0.25) is 0 Å². The standard InChI is InChI=1S/C14H19N5/c1-12-8-18(7-6-16-12)9-13-2-4-14(5-3-13)19-11-15-10-17-19/h2-5,10-12,16H,6-9H2,1H3/t12-/m0/s1. The van der Waals surface area contributed by atoms with Crippen LogP contribution >= 0.6 is 0 Å². The number of rotatable bonds is 3. The van der Waals surface area contributed by atoms with Crippen molar-refractivity contribution in [3.8, 4) is 5.69 Å². The molecule has 2 aromatic rings. The Hall–Kier alpha value is -1.72. The molecular formula is C14H19N5. The van der Waals surface area contributed by atoms with Gasteiger partial charge in [0.2, 0.25) is 0 Å². The maximum absolute atomic E-state index is 4.13. The summed E-state index contributed by atoms with van der Waals surface area (Å²) in [6.07, 6.45) is 3.27. The Morgan fingerprint density at radius 2 is 2.16 bits per heavy atom. The van der Waals surface area contributed by atoms with Gasteiger partial charge in [0.25, 0.3) is 0 Å². The van der Waals surface area contributed by atoms with Crippen LogP contribution in [0.4, 0.5) is 0 Å². The molecule has 0 unspecified atom stereocenters. The fraction of sp³-hybridized carbons (Fsp3) is 0.429. The van der Waals surface area contributed by atoms with E-state index in [9.17, 15) is 0 Å². The zero-order valence-electron chi connectivity index (χ0n) is 11.2. The highest BCUT2D eigenvalue weighted by Gasteiger charge is 2.15. The Morgan fingerprint density at radius 3 is 2.84 bits per heavy atom. The normalized spacial score (nSPS) is 20.6. The zero-order valence-corrected chi connectivity index (χ0v) is 11.2. The lowest BCUT2D eigenvalue weighted by Gasteiger charge is -2.31. The quantitative estimate of drug-likeness (QED) is 0.893. The lowest BCUT2D eigenvalue weighted by molar-refractivity contribution is 0.199. The van der Waals surface area contributed by atoms with Crippen molar-refractivity contribution in [2.75, 3.05) is 19.6 Å². The van der Waals surface area contributed by atoms with Crippen LogP contribution < -0.4 is 5.32 Å². The molecule has 1 atom stereocenters. The maximum atomic E-state index is 4.13. The monoisotopic (exact) mass is 257 g/mol. The maximum Gasteiger partial charge on any atom is 0.138 e. The van der Waals surface area contributed by atoms with Crippen molar-refractivity contribution in [1.82, 2.24) is 25.0 Å². The molecule has 0 amide bonds. The van der Waals surface area contributed by atoms with Crippen LogP contribution in [-0.4, -0.2) is 45.3 Å². The highest BCUT2D eigenvalue weighted by Crippen LogP contribution is 2.11. The summed E-state index contributed by atoms with van der Waals surface area (Å²) >= 11 is 0. The van der Waals surface area contributed by atoms with Gasteiger partial charge in [-0.1, -0.05) is 12.1 Å². The Kier molecular flexibility index (Phi) is 3.57. The van der Waals surface area contributed by atoms with E-state index >= 15 is 0 Å². The summed E-state index contributed by atoms with van der Waals surface area (Å²) in [7, 11) is 0. The summed E-state index contributed by atoms with van der Waals surface area (Å²) in [5.41, 5.74) is 2.40. The third kappa shape index (κ3) is 3.00. The fourth-order valence-corrected chi connectivity index (χ4v) is 2.51. The second kappa shape index (κ2) is 5.50. The van der Waals surface area contributed by atoms with Gasteiger partial charge in [0.1, 0.15) is 12.7 Å². The molecule has 3 rings (SSSR count). The van der Waals surface area contributed by atoms with E-state index < -0.39 is 0 Å². The summed E-state index contributed by atoms with van der Waals surface area (Å²) in [6.45, 7) is 6.57. The van der Waals surface area contributed by atoms with Gasteiger partial charge in [0, 0.05) is 32.2 Å². The molecule has 5 heteroatoms. The molecule has 0 spiro atoms. The Morgan fingerprint density at radius 1 is 1.32 bits per heavy atom. The summed E-state index contributed by atoms with van der Waals surface area (Å²) in [6, 6.07) is 9.11. The zero-order chi connectivity index (χ0) is 13.1. The molecule has 1 N–H and O–H groups in total. The van der Waals surface area contributed by atoms with Gasteiger partial charge >= 0.3 is 0 Å². The average Bonchev–Trinajstić information content (AvgIpc) is 2.94. The number of piperazine rings is 1. The number of aromatic nitrogens is 3. The predicted molar refractivity (Wildman–Crippen MR) is 74.1 cm³/mol. The molecule has 1 fully saturated rings. The number of hydrogen-bond donors (Lipinski definition) is 1. The molecule has 0 saturated carbocycles. The first kappa shape index (κ1) is 12.3. The van der Waals surface area contributed by atoms with Crippen molar-refractivity contribution in [3.63, 3.8) is 0 Å². The molecule has 19 heavy (non-hydrogen) atoms. The van der Waals surface area contributed by atoms with Crippen molar-refractivity contribution < 1.29 is 0 Å². The van der Waals surface area contributed by atoms with Gasteiger partial charge in [0.15, 0.2) is 0 Å². The first-order valence-electron chi connectivity index (χ1n) is 6.71. The number of hydrogen-bond acceptors (Lipinski definition) is 4. The first-order chi connectivity index (χ1) is 9.31. The van der Waals surface area contributed by atoms with Crippen LogP contribution in [0.1, 0.15) is 12.5 Å². The second-order valence-corrected chi connectivity index (χ2v) is 5.10. The average molecular weight is 257 g/mol. The van der Waals surface area contributed by atoms with Crippen LogP contribution in [0.25, 0.3) is 5.69 Å². The smallest absolute Gasteiger partial charge is 0.138 e. The highest BCUT2D eigenvalue weighted by molar-refractivity contribution is 5.33. The van der Waals surface area contributed by atoms with Gasteiger partial charge in [0.05, 0.1) is 5.69 Å². The van der Waals surface area contributed by atoms with Gasteiger partial charge in [-0.3, -0.25) is 4.90 Å². The van der Waals surface area contributed by atoms with Crippen LogP contribution in [-0.2, 0) is 6.54 Å². The molecule has 2 heterocycles. The van der Waals surface area contributed by atoms with Crippen molar-refractivity contribution in [3.05, 3.63) is 42.5 Å². The third-order valence-corrected chi connectivity index (χ3v) is 3.48. The second-order valence-electron chi connectivity index (χ2n) is 5.10. The first-order valence-corrected chi connectivity index (χ1v) is 6.71. The number of benzene rings is 1. The van der Waals surface area contributed by atoms with E-state index in [0.717, 1.165) is 31.9 Å². The fourth-order valence-electron chi connectivity index (χ4n) is 2.51. The van der Waals surface area contributed by atoms with E-state index in [-0.39, 0.29) is 0 Å². The van der Waals surface area contributed by atoms with Gasteiger partial charge in [-0.15, -0.1) is 0 Å². The molecule has 0 radical (unpaired) electrons. The van der Waals surface area contributed by atoms with E-state index in [2.05, 4.69) is 51.5 Å². The van der Waals surface area contributed by atoms with Gasteiger partial charge in [-0.2, -0.15) is 5.10 Å². The van der Waals surface area contributed by atoms with E-state index in [0.29, 0.717) is 6.04 Å². The van der Waals surface area contributed by atoms with Crippen molar-refractivity contribution in [1.29, 1.82) is 0 Å². The Bertz CT molecular complexity index is 505. The minimum Gasteiger partial charge on any atom is -0.312 e. The van der Waals surface area contributed by atoms with Gasteiger partial charge in [-0.05, 0) is 24.6 Å². The van der Waals surface area contributed by atoms with E-state index in [4.69, 9.17) is 0 Å². The van der Waals surface area contributed by atoms with E-state index in [1.54, 1.807) is 17.3 Å². The number of nitrogens with zero attached hydrogens (tertiary/aromatic N) is 4. The topological polar surface area (TPSA) is 46.0 Å². The minimum absolute atomic E-state index is 0.586. The minimum atomic E-state index is 0.586. The summed E-state index contributed by atoms with van der Waals surface area (Å²) < 4.78 is 1.77. The lowest BCUT2D eigenvalue weighted by atomic mass is 10.1. The summed E-state index contributed by atoms with van der Waals surface area (Å²) in [5, 5.41) is 7.59. The van der Waals surface area contributed by atoms with Crippen molar-refractivity contribution >= 4 is 0 Å². The van der Waals surface area contributed by atoms with Crippen molar-refractivity contribution in [2.45, 2.75) is 19.5 Å². The van der Waals surface area contributed by atoms with Crippen molar-refractivity contribution in [2.24, 2.45) is 0 Å². The molecule has 0 bridgehead atoms. The molecule has 1 aliphatic heterocycles. The highest BCUT2D eigenvalue weighted by atomic mass is 15.3. The molecule has 5 nitrogen and oxygen atoms in total. The molecule has 0 aliphatic carbocycles. The lowest BCUT2D eigenvalue weighted by Crippen LogP contribution is -2.48. The largest absolute Gasteiger partial charge is 0.312 e. The number of nitrogens with one attached hydrogen (secondary N) is 1.